The third kappa shape index (κ3) is 5.23. The quantitative estimate of drug-likeness (QED) is 0.739. The standard InChI is InChI=1S/C16H23Br2NO2/c1-2-12(19)7-11-8-14(17)16(15(18)9-11)21-10-13-5-3-4-6-20-13/h8-9,12-13H,2-7,10,19H2,1H3. The maximum Gasteiger partial charge on any atom is 0.147 e. The average molecular weight is 421 g/mol. The highest BCUT2D eigenvalue weighted by Gasteiger charge is 2.17. The lowest BCUT2D eigenvalue weighted by atomic mass is 10.0. The van der Waals surface area contributed by atoms with Crippen molar-refractivity contribution in [2.45, 2.75) is 51.2 Å². The molecule has 0 radical (unpaired) electrons. The number of hydrogen-bond donors (Lipinski definition) is 1. The summed E-state index contributed by atoms with van der Waals surface area (Å²) in [5, 5.41) is 0. The van der Waals surface area contributed by atoms with Crippen LogP contribution in [0.15, 0.2) is 21.1 Å². The smallest absolute Gasteiger partial charge is 0.147 e. The van der Waals surface area contributed by atoms with E-state index in [1.165, 1.54) is 12.0 Å². The van der Waals surface area contributed by atoms with Crippen LogP contribution in [0.4, 0.5) is 0 Å². The van der Waals surface area contributed by atoms with E-state index >= 15 is 0 Å². The Kier molecular flexibility index (Phi) is 6.99. The van der Waals surface area contributed by atoms with Gasteiger partial charge in [0.2, 0.25) is 0 Å². The number of ether oxygens (including phenoxy) is 2. The van der Waals surface area contributed by atoms with E-state index in [1.54, 1.807) is 0 Å². The van der Waals surface area contributed by atoms with Gasteiger partial charge in [0, 0.05) is 12.6 Å². The molecule has 5 heteroatoms. The topological polar surface area (TPSA) is 44.5 Å². The van der Waals surface area contributed by atoms with Crippen molar-refractivity contribution in [3.8, 4) is 5.75 Å². The highest BCUT2D eigenvalue weighted by molar-refractivity contribution is 9.11. The Morgan fingerprint density at radius 2 is 2.05 bits per heavy atom. The van der Waals surface area contributed by atoms with Gasteiger partial charge in [0.1, 0.15) is 12.4 Å². The van der Waals surface area contributed by atoms with Gasteiger partial charge in [0.05, 0.1) is 15.0 Å². The van der Waals surface area contributed by atoms with Crippen molar-refractivity contribution in [1.82, 2.24) is 0 Å². The van der Waals surface area contributed by atoms with Crippen molar-refractivity contribution in [3.63, 3.8) is 0 Å². The average Bonchev–Trinajstić information content (AvgIpc) is 2.47. The molecule has 1 heterocycles. The van der Waals surface area contributed by atoms with Crippen LogP contribution < -0.4 is 10.5 Å². The fourth-order valence-corrected chi connectivity index (χ4v) is 3.94. The summed E-state index contributed by atoms with van der Waals surface area (Å²) in [5.41, 5.74) is 7.23. The maximum atomic E-state index is 6.02. The first-order valence-corrected chi connectivity index (χ1v) is 9.16. The van der Waals surface area contributed by atoms with Gasteiger partial charge in [-0.1, -0.05) is 6.92 Å². The molecule has 0 spiro atoms. The summed E-state index contributed by atoms with van der Waals surface area (Å²) in [6.45, 7) is 3.56. The predicted octanol–water partition coefficient (Wildman–Crippen LogP) is 4.44. The molecular weight excluding hydrogens is 398 g/mol. The summed E-state index contributed by atoms with van der Waals surface area (Å²) < 4.78 is 13.6. The molecule has 1 fully saturated rings. The Labute approximate surface area is 143 Å². The van der Waals surface area contributed by atoms with E-state index in [-0.39, 0.29) is 12.1 Å². The Morgan fingerprint density at radius 3 is 2.62 bits per heavy atom. The van der Waals surface area contributed by atoms with Crippen molar-refractivity contribution in [3.05, 3.63) is 26.6 Å². The molecule has 0 aliphatic carbocycles. The van der Waals surface area contributed by atoms with E-state index in [1.807, 2.05) is 0 Å². The lowest BCUT2D eigenvalue weighted by molar-refractivity contribution is -0.0113. The molecule has 1 aromatic carbocycles. The maximum absolute atomic E-state index is 6.02. The number of benzene rings is 1. The van der Waals surface area contributed by atoms with E-state index in [9.17, 15) is 0 Å². The summed E-state index contributed by atoms with van der Waals surface area (Å²) in [6.07, 6.45) is 5.54. The highest BCUT2D eigenvalue weighted by Crippen LogP contribution is 2.35. The zero-order valence-corrected chi connectivity index (χ0v) is 15.6. The molecule has 0 saturated carbocycles. The second-order valence-electron chi connectivity index (χ2n) is 5.56. The third-order valence-electron chi connectivity index (χ3n) is 3.77. The molecule has 0 aromatic heterocycles. The van der Waals surface area contributed by atoms with Gasteiger partial charge >= 0.3 is 0 Å². The van der Waals surface area contributed by atoms with E-state index in [0.717, 1.165) is 47.0 Å². The van der Waals surface area contributed by atoms with E-state index in [4.69, 9.17) is 15.2 Å². The Balaban J connectivity index is 1.99. The molecule has 21 heavy (non-hydrogen) atoms. The van der Waals surface area contributed by atoms with Gasteiger partial charge in [0.25, 0.3) is 0 Å². The van der Waals surface area contributed by atoms with E-state index < -0.39 is 0 Å². The van der Waals surface area contributed by atoms with E-state index in [2.05, 4.69) is 50.9 Å². The molecule has 3 nitrogen and oxygen atoms in total. The van der Waals surface area contributed by atoms with Crippen molar-refractivity contribution < 1.29 is 9.47 Å². The van der Waals surface area contributed by atoms with Crippen molar-refractivity contribution in [1.29, 1.82) is 0 Å². The van der Waals surface area contributed by atoms with E-state index in [0.29, 0.717) is 6.61 Å². The minimum absolute atomic E-state index is 0.200. The fraction of sp³-hybridized carbons (Fsp3) is 0.625. The molecule has 2 atom stereocenters. The minimum Gasteiger partial charge on any atom is -0.489 e. The van der Waals surface area contributed by atoms with Crippen LogP contribution in [-0.2, 0) is 11.2 Å². The van der Waals surface area contributed by atoms with Gasteiger partial charge in [-0.2, -0.15) is 0 Å². The first-order chi connectivity index (χ1) is 10.1. The van der Waals surface area contributed by atoms with Gasteiger partial charge in [-0.3, -0.25) is 0 Å². The van der Waals surface area contributed by atoms with Crippen LogP contribution in [-0.4, -0.2) is 25.4 Å². The molecule has 2 unspecified atom stereocenters. The summed E-state index contributed by atoms with van der Waals surface area (Å²) in [7, 11) is 0. The minimum atomic E-state index is 0.200. The van der Waals surface area contributed by atoms with Crippen LogP contribution in [0.1, 0.15) is 38.2 Å². The van der Waals surface area contributed by atoms with Crippen molar-refractivity contribution in [2.24, 2.45) is 5.73 Å². The number of nitrogens with two attached hydrogens (primary N) is 1. The molecule has 1 saturated heterocycles. The first kappa shape index (κ1) is 17.3. The largest absolute Gasteiger partial charge is 0.489 e. The first-order valence-electron chi connectivity index (χ1n) is 7.58. The van der Waals surface area contributed by atoms with Crippen LogP contribution in [0, 0.1) is 0 Å². The van der Waals surface area contributed by atoms with Crippen LogP contribution in [0.25, 0.3) is 0 Å². The van der Waals surface area contributed by atoms with Gasteiger partial charge in [0.15, 0.2) is 0 Å². The lowest BCUT2D eigenvalue weighted by Gasteiger charge is -2.23. The number of halogens is 2. The molecular formula is C16H23Br2NO2. The summed E-state index contributed by atoms with van der Waals surface area (Å²) in [5.74, 6) is 0.845. The molecule has 0 amide bonds. The van der Waals surface area contributed by atoms with Crippen LogP contribution in [0.2, 0.25) is 0 Å². The Hall–Kier alpha value is -0.100. The molecule has 118 valence electrons. The predicted molar refractivity (Wildman–Crippen MR) is 92.9 cm³/mol. The summed E-state index contributed by atoms with van der Waals surface area (Å²) in [6, 6.07) is 4.39. The van der Waals surface area contributed by atoms with Crippen LogP contribution in [0.5, 0.6) is 5.75 Å². The highest BCUT2D eigenvalue weighted by atomic mass is 79.9. The number of rotatable bonds is 6. The number of hydrogen-bond acceptors (Lipinski definition) is 3. The molecule has 1 aliphatic rings. The zero-order chi connectivity index (χ0) is 15.2. The Bertz CT molecular complexity index is 439. The molecule has 0 bridgehead atoms. The van der Waals surface area contributed by atoms with Crippen molar-refractivity contribution >= 4 is 31.9 Å². The van der Waals surface area contributed by atoms with Gasteiger partial charge in [-0.25, -0.2) is 0 Å². The van der Waals surface area contributed by atoms with Crippen LogP contribution in [0.3, 0.4) is 0 Å². The van der Waals surface area contributed by atoms with Gasteiger partial charge in [-0.05, 0) is 81.7 Å². The SMILES string of the molecule is CCC(N)Cc1cc(Br)c(OCC2CCCCO2)c(Br)c1. The normalized spacial score (nSPS) is 20.3. The zero-order valence-electron chi connectivity index (χ0n) is 12.4. The summed E-state index contributed by atoms with van der Waals surface area (Å²) >= 11 is 7.20. The molecule has 2 N–H and O–H groups in total. The fourth-order valence-electron chi connectivity index (χ4n) is 2.43. The monoisotopic (exact) mass is 419 g/mol. The Morgan fingerprint density at radius 1 is 1.33 bits per heavy atom. The second-order valence-corrected chi connectivity index (χ2v) is 7.27. The molecule has 2 rings (SSSR count). The third-order valence-corrected chi connectivity index (χ3v) is 4.95. The lowest BCUT2D eigenvalue weighted by Crippen LogP contribution is -2.26. The summed E-state index contributed by atoms with van der Waals surface area (Å²) in [4.78, 5) is 0. The van der Waals surface area contributed by atoms with Crippen LogP contribution >= 0.6 is 31.9 Å². The van der Waals surface area contributed by atoms with Gasteiger partial charge in [-0.15, -0.1) is 0 Å². The molecule has 1 aliphatic heterocycles. The van der Waals surface area contributed by atoms with Crippen molar-refractivity contribution in [2.75, 3.05) is 13.2 Å². The van der Waals surface area contributed by atoms with Gasteiger partial charge < -0.3 is 15.2 Å². The second kappa shape index (κ2) is 8.51. The molecule has 1 aromatic rings.